The Labute approximate surface area is 186 Å². The van der Waals surface area contributed by atoms with E-state index >= 15 is 0 Å². The molecule has 9 heteroatoms. The lowest BCUT2D eigenvalue weighted by Crippen LogP contribution is -2.49. The number of likely N-dealkylation sites (tertiary alicyclic amines) is 1. The smallest absolute Gasteiger partial charge is 0.191 e. The van der Waals surface area contributed by atoms with E-state index in [2.05, 4.69) is 31.6 Å². The van der Waals surface area contributed by atoms with Gasteiger partial charge < -0.3 is 10.6 Å². The van der Waals surface area contributed by atoms with Gasteiger partial charge in [-0.25, -0.2) is 8.42 Å². The Morgan fingerprint density at radius 3 is 2.50 bits per heavy atom. The van der Waals surface area contributed by atoms with Gasteiger partial charge in [0, 0.05) is 45.5 Å². The lowest BCUT2D eigenvalue weighted by Gasteiger charge is -2.32. The molecule has 0 aliphatic carbocycles. The molecule has 1 saturated heterocycles. The second-order valence-corrected chi connectivity index (χ2v) is 10.8. The number of sulfone groups is 1. The summed E-state index contributed by atoms with van der Waals surface area (Å²) in [6.07, 6.45) is 3.88. The maximum atomic E-state index is 12.2. The van der Waals surface area contributed by atoms with Crippen molar-refractivity contribution < 1.29 is 8.42 Å². The molecule has 0 amide bonds. The fourth-order valence-corrected chi connectivity index (χ4v) is 3.94. The summed E-state index contributed by atoms with van der Waals surface area (Å²) in [5.74, 6) is 0.766. The number of piperidine rings is 1. The first-order valence-corrected chi connectivity index (χ1v) is 11.2. The van der Waals surface area contributed by atoms with Crippen molar-refractivity contribution >= 4 is 39.8 Å². The van der Waals surface area contributed by atoms with E-state index in [0.29, 0.717) is 18.5 Å². The second-order valence-electron chi connectivity index (χ2n) is 7.95. The van der Waals surface area contributed by atoms with Gasteiger partial charge in [0.1, 0.15) is 0 Å². The zero-order valence-electron chi connectivity index (χ0n) is 17.3. The molecule has 2 rings (SSSR count). The third-order valence-electron chi connectivity index (χ3n) is 4.86. The number of aromatic nitrogens is 1. The molecule has 28 heavy (non-hydrogen) atoms. The van der Waals surface area contributed by atoms with Crippen LogP contribution in [-0.4, -0.2) is 67.5 Å². The Bertz CT molecular complexity index is 712. The normalized spacial score (nSPS) is 17.1. The van der Waals surface area contributed by atoms with Crippen LogP contribution < -0.4 is 10.6 Å². The molecule has 7 nitrogen and oxygen atoms in total. The molecule has 0 atom stereocenters. The van der Waals surface area contributed by atoms with Crippen LogP contribution in [0.3, 0.4) is 0 Å². The van der Waals surface area contributed by atoms with Gasteiger partial charge in [0.15, 0.2) is 15.8 Å². The third kappa shape index (κ3) is 7.82. The molecule has 2 N–H and O–H groups in total. The Morgan fingerprint density at radius 2 is 1.96 bits per heavy atom. The topological polar surface area (TPSA) is 86.7 Å². The lowest BCUT2D eigenvalue weighted by molar-refractivity contribution is 0.196. The van der Waals surface area contributed by atoms with Crippen molar-refractivity contribution in [1.29, 1.82) is 0 Å². The van der Waals surface area contributed by atoms with Gasteiger partial charge >= 0.3 is 0 Å². The lowest BCUT2D eigenvalue weighted by atomic mass is 10.1. The van der Waals surface area contributed by atoms with E-state index in [0.717, 1.165) is 38.2 Å². The fraction of sp³-hybridized carbons (Fsp3) is 0.684. The maximum Gasteiger partial charge on any atom is 0.191 e. The number of aliphatic imine (C=N–C) groups is 1. The summed E-state index contributed by atoms with van der Waals surface area (Å²) in [4.78, 5) is 11.0. The Hall–Kier alpha value is -0.940. The minimum Gasteiger partial charge on any atom is -0.355 e. The largest absolute Gasteiger partial charge is 0.355 e. The highest BCUT2D eigenvalue weighted by atomic mass is 127. The molecule has 1 aromatic rings. The van der Waals surface area contributed by atoms with E-state index < -0.39 is 14.6 Å². The minimum absolute atomic E-state index is 0. The molecule has 0 spiro atoms. The average molecular weight is 523 g/mol. The monoisotopic (exact) mass is 523 g/mol. The molecule has 0 saturated carbocycles. The van der Waals surface area contributed by atoms with E-state index in [9.17, 15) is 8.42 Å². The van der Waals surface area contributed by atoms with E-state index in [1.807, 2.05) is 18.3 Å². The molecular formula is C19H34IN5O2S. The highest BCUT2D eigenvalue weighted by Crippen LogP contribution is 2.15. The van der Waals surface area contributed by atoms with Gasteiger partial charge in [-0.15, -0.1) is 24.0 Å². The van der Waals surface area contributed by atoms with Gasteiger partial charge in [-0.2, -0.15) is 0 Å². The van der Waals surface area contributed by atoms with Crippen LogP contribution in [0.4, 0.5) is 0 Å². The number of nitrogens with zero attached hydrogens (tertiary/aromatic N) is 3. The van der Waals surface area contributed by atoms with Gasteiger partial charge in [0.2, 0.25) is 0 Å². The molecule has 160 valence electrons. The number of guanidine groups is 1. The number of nitrogens with one attached hydrogen (secondary N) is 2. The van der Waals surface area contributed by atoms with Gasteiger partial charge in [0.25, 0.3) is 0 Å². The zero-order valence-corrected chi connectivity index (χ0v) is 20.5. The van der Waals surface area contributed by atoms with Crippen molar-refractivity contribution in [3.8, 4) is 0 Å². The standard InChI is InChI=1S/C19H33N5O2S.HI/c1-19(2,3)27(25,26)14-11-22-18(20-4)23-16-8-12-24(13-9-16)15-17-7-5-6-10-21-17;/h5-7,10,16H,8-9,11-15H2,1-4H3,(H2,20,22,23);1H. The average Bonchev–Trinajstić information content (AvgIpc) is 2.62. The van der Waals surface area contributed by atoms with Gasteiger partial charge in [-0.3, -0.25) is 14.9 Å². The van der Waals surface area contributed by atoms with Crippen LogP contribution >= 0.6 is 24.0 Å². The molecule has 0 aromatic carbocycles. The first kappa shape index (κ1) is 25.1. The predicted octanol–water partition coefficient (Wildman–Crippen LogP) is 2.04. The third-order valence-corrected chi connectivity index (χ3v) is 7.47. The van der Waals surface area contributed by atoms with E-state index in [4.69, 9.17) is 0 Å². The maximum absolute atomic E-state index is 12.2. The summed E-state index contributed by atoms with van der Waals surface area (Å²) in [6, 6.07) is 6.36. The van der Waals surface area contributed by atoms with Crippen LogP contribution in [0.15, 0.2) is 29.4 Å². The van der Waals surface area contributed by atoms with Crippen molar-refractivity contribution in [1.82, 2.24) is 20.5 Å². The van der Waals surface area contributed by atoms with Crippen molar-refractivity contribution in [3.05, 3.63) is 30.1 Å². The summed E-state index contributed by atoms with van der Waals surface area (Å²) in [5, 5.41) is 6.55. The first-order valence-electron chi connectivity index (χ1n) is 9.53. The molecule has 0 radical (unpaired) electrons. The first-order chi connectivity index (χ1) is 12.7. The summed E-state index contributed by atoms with van der Waals surface area (Å²) in [7, 11) is -1.42. The molecule has 1 aromatic heterocycles. The SMILES string of the molecule is CN=C(NCCS(=O)(=O)C(C)(C)C)NC1CCN(Cc2ccccn2)CC1.I. The predicted molar refractivity (Wildman–Crippen MR) is 126 cm³/mol. The summed E-state index contributed by atoms with van der Waals surface area (Å²) in [5.41, 5.74) is 1.10. The van der Waals surface area contributed by atoms with Crippen LogP contribution in [0.2, 0.25) is 0 Å². The van der Waals surface area contributed by atoms with Gasteiger partial charge in [-0.05, 0) is 45.7 Å². The number of pyridine rings is 1. The van der Waals surface area contributed by atoms with Crippen molar-refractivity contribution in [3.63, 3.8) is 0 Å². The van der Waals surface area contributed by atoms with Gasteiger partial charge in [-0.1, -0.05) is 6.07 Å². The van der Waals surface area contributed by atoms with Gasteiger partial charge in [0.05, 0.1) is 16.2 Å². The highest BCUT2D eigenvalue weighted by molar-refractivity contribution is 14.0. The van der Waals surface area contributed by atoms with Crippen molar-refractivity contribution in [2.24, 2.45) is 4.99 Å². The quantitative estimate of drug-likeness (QED) is 0.337. The summed E-state index contributed by atoms with van der Waals surface area (Å²) in [6.45, 7) is 8.44. The highest BCUT2D eigenvalue weighted by Gasteiger charge is 2.28. The number of halogens is 1. The Balaban J connectivity index is 0.00000392. The fourth-order valence-electron chi connectivity index (χ4n) is 2.95. The number of hydrogen-bond acceptors (Lipinski definition) is 5. The molecule has 1 aliphatic heterocycles. The van der Waals surface area contributed by atoms with Crippen LogP contribution in [0.25, 0.3) is 0 Å². The zero-order chi connectivity index (χ0) is 19.9. The van der Waals surface area contributed by atoms with Crippen LogP contribution in [0, 0.1) is 0 Å². The van der Waals surface area contributed by atoms with E-state index in [1.165, 1.54) is 0 Å². The van der Waals surface area contributed by atoms with E-state index in [1.54, 1.807) is 27.8 Å². The van der Waals surface area contributed by atoms with E-state index in [-0.39, 0.29) is 29.7 Å². The second kappa shape index (κ2) is 11.3. The van der Waals surface area contributed by atoms with Crippen LogP contribution in [0.1, 0.15) is 39.3 Å². The van der Waals surface area contributed by atoms with Crippen molar-refractivity contribution in [2.75, 3.05) is 32.4 Å². The Morgan fingerprint density at radius 1 is 1.29 bits per heavy atom. The number of hydrogen-bond donors (Lipinski definition) is 2. The van der Waals surface area contributed by atoms with Crippen LogP contribution in [-0.2, 0) is 16.4 Å². The minimum atomic E-state index is -3.13. The Kier molecular flexibility index (Phi) is 10.1. The molecule has 1 aliphatic rings. The molecule has 0 unspecified atom stereocenters. The van der Waals surface area contributed by atoms with Crippen LogP contribution in [0.5, 0.6) is 0 Å². The molecule has 2 heterocycles. The number of rotatable bonds is 6. The molecule has 0 bridgehead atoms. The summed E-state index contributed by atoms with van der Waals surface area (Å²) < 4.78 is 23.6. The molecular weight excluding hydrogens is 489 g/mol. The summed E-state index contributed by atoms with van der Waals surface area (Å²) >= 11 is 0. The molecule has 1 fully saturated rings. The van der Waals surface area contributed by atoms with Crippen molar-refractivity contribution in [2.45, 2.75) is 50.9 Å².